The Hall–Kier alpha value is 1.18. The molecule has 5 atom stereocenters. The van der Waals surface area contributed by atoms with Gasteiger partial charge < -0.3 is 5.11 Å². The second-order valence-corrected chi connectivity index (χ2v) is 7.83. The van der Waals surface area contributed by atoms with Crippen LogP contribution in [0.2, 0.25) is 0 Å². The van der Waals surface area contributed by atoms with Gasteiger partial charge in [0.05, 0.1) is 16.2 Å². The minimum atomic E-state index is -1.56. The quantitative estimate of drug-likeness (QED) is 0.515. The van der Waals surface area contributed by atoms with Gasteiger partial charge in [0.2, 0.25) is 0 Å². The summed E-state index contributed by atoms with van der Waals surface area (Å²) in [5, 5.41) is 10.3. The lowest BCUT2D eigenvalue weighted by Crippen LogP contribution is -2.46. The van der Waals surface area contributed by atoms with Crippen LogP contribution in [0.5, 0.6) is 0 Å². The summed E-state index contributed by atoms with van der Waals surface area (Å²) in [6, 6.07) is 0. The highest BCUT2D eigenvalue weighted by Crippen LogP contribution is 2.77. The number of hydrogen-bond donors (Lipinski definition) is 1. The van der Waals surface area contributed by atoms with E-state index < -0.39 is 26.1 Å². The third-order valence-corrected chi connectivity index (χ3v) is 8.23. The second-order valence-electron chi connectivity index (χ2n) is 4.55. The van der Waals surface area contributed by atoms with E-state index in [1.807, 2.05) is 0 Å². The van der Waals surface area contributed by atoms with E-state index in [1.54, 1.807) is 12.2 Å². The van der Waals surface area contributed by atoms with Gasteiger partial charge in [-0.15, -0.1) is 23.2 Å². The van der Waals surface area contributed by atoms with Gasteiger partial charge in [-0.1, -0.05) is 58.6 Å². The minimum absolute atomic E-state index is 0.129. The maximum Gasteiger partial charge on any atom is 0.167 e. The first kappa shape index (κ1) is 13.2. The van der Waals surface area contributed by atoms with Crippen molar-refractivity contribution in [3.63, 3.8) is 0 Å². The number of aliphatic hydroxyl groups excluding tert-OH is 1. The van der Waals surface area contributed by atoms with Gasteiger partial charge in [-0.2, -0.15) is 0 Å². The van der Waals surface area contributed by atoms with Gasteiger partial charge in [0, 0.05) is 11.8 Å². The van der Waals surface area contributed by atoms with Gasteiger partial charge in [0.15, 0.2) is 4.33 Å². The molecule has 17 heavy (non-hydrogen) atoms. The molecule has 0 saturated heterocycles. The number of hydrogen-bond acceptors (Lipinski definition) is 1. The first-order chi connectivity index (χ1) is 7.70. The summed E-state index contributed by atoms with van der Waals surface area (Å²) in [6.45, 7) is 0. The molecule has 0 aromatic rings. The van der Waals surface area contributed by atoms with E-state index in [0.29, 0.717) is 0 Å². The van der Waals surface area contributed by atoms with Crippen LogP contribution in [-0.2, 0) is 0 Å². The summed E-state index contributed by atoms with van der Waals surface area (Å²) in [4.78, 5) is -2.64. The fourth-order valence-corrected chi connectivity index (χ4v) is 6.13. The van der Waals surface area contributed by atoms with Crippen LogP contribution < -0.4 is 0 Å². The predicted molar refractivity (Wildman–Crippen MR) is 72.5 cm³/mol. The van der Waals surface area contributed by atoms with Crippen LogP contribution in [-0.4, -0.2) is 25.3 Å². The molecule has 7 heteroatoms. The maximum atomic E-state index is 9.97. The largest absolute Gasteiger partial charge is 0.389 e. The van der Waals surface area contributed by atoms with Crippen molar-refractivity contribution in [2.75, 3.05) is 0 Å². The molecule has 2 bridgehead atoms. The van der Waals surface area contributed by atoms with Crippen molar-refractivity contribution >= 4 is 69.6 Å². The molecule has 1 N–H and O–H groups in total. The van der Waals surface area contributed by atoms with Crippen molar-refractivity contribution < 1.29 is 5.11 Å². The molecule has 1 nitrogen and oxygen atoms in total. The van der Waals surface area contributed by atoms with Crippen LogP contribution in [0.1, 0.15) is 0 Å². The minimum Gasteiger partial charge on any atom is -0.389 e. The summed E-state index contributed by atoms with van der Waals surface area (Å²) >= 11 is 37.9. The lowest BCUT2D eigenvalue weighted by Gasteiger charge is -2.34. The van der Waals surface area contributed by atoms with Crippen molar-refractivity contribution in [2.45, 2.75) is 20.2 Å². The summed E-state index contributed by atoms with van der Waals surface area (Å²) in [7, 11) is 0. The van der Waals surface area contributed by atoms with Crippen molar-refractivity contribution in [2.24, 2.45) is 11.8 Å². The molecule has 0 radical (unpaired) electrons. The number of allylic oxidation sites excluding steroid dienone is 3. The number of rotatable bonds is 0. The monoisotopic (exact) mass is 352 g/mol. The molecular formula is C10H6Cl6O. The number of alkyl halides is 4. The van der Waals surface area contributed by atoms with Crippen molar-refractivity contribution in [3.8, 4) is 0 Å². The third kappa shape index (κ3) is 1.09. The van der Waals surface area contributed by atoms with E-state index >= 15 is 0 Å². The van der Waals surface area contributed by atoms with Crippen molar-refractivity contribution in [3.05, 3.63) is 22.2 Å². The molecule has 0 aliphatic heterocycles. The molecule has 0 unspecified atom stereocenters. The van der Waals surface area contributed by atoms with Gasteiger partial charge in [-0.25, -0.2) is 0 Å². The molecule has 0 spiro atoms. The molecule has 3 aliphatic carbocycles. The molecule has 0 amide bonds. The Kier molecular flexibility index (Phi) is 2.66. The Balaban J connectivity index is 2.32. The molecule has 0 aromatic carbocycles. The average Bonchev–Trinajstić information content (AvgIpc) is 2.73. The normalized spacial score (nSPS) is 54.6. The van der Waals surface area contributed by atoms with Gasteiger partial charge in [-0.05, 0) is 0 Å². The second kappa shape index (κ2) is 3.44. The van der Waals surface area contributed by atoms with Gasteiger partial charge in [0.1, 0.15) is 9.75 Å². The predicted octanol–water partition coefficient (Wildman–Crippen LogP) is 4.00. The zero-order valence-electron chi connectivity index (χ0n) is 8.10. The molecule has 3 rings (SSSR count). The fourth-order valence-electron chi connectivity index (χ4n) is 3.12. The topological polar surface area (TPSA) is 20.2 Å². The highest BCUT2D eigenvalue weighted by atomic mass is 35.5. The Bertz CT molecular complexity index is 471. The Morgan fingerprint density at radius 2 is 1.47 bits per heavy atom. The van der Waals surface area contributed by atoms with Crippen molar-refractivity contribution in [1.29, 1.82) is 0 Å². The van der Waals surface area contributed by atoms with E-state index in [0.717, 1.165) is 0 Å². The first-order valence-electron chi connectivity index (χ1n) is 4.89. The first-order valence-corrected chi connectivity index (χ1v) is 7.15. The summed E-state index contributed by atoms with van der Waals surface area (Å²) in [5.41, 5.74) is 0. The lowest BCUT2D eigenvalue weighted by molar-refractivity contribution is 0.138. The van der Waals surface area contributed by atoms with Gasteiger partial charge in [0.25, 0.3) is 0 Å². The fraction of sp³-hybridized carbons (Fsp3) is 0.600. The van der Waals surface area contributed by atoms with Crippen LogP contribution in [0, 0.1) is 11.8 Å². The molecular weight excluding hydrogens is 349 g/mol. The van der Waals surface area contributed by atoms with Crippen LogP contribution in [0.3, 0.4) is 0 Å². The average molecular weight is 355 g/mol. The molecule has 0 aromatic heterocycles. The van der Waals surface area contributed by atoms with Crippen LogP contribution in [0.15, 0.2) is 22.2 Å². The van der Waals surface area contributed by atoms with Crippen molar-refractivity contribution in [1.82, 2.24) is 0 Å². The lowest BCUT2D eigenvalue weighted by atomic mass is 9.83. The highest BCUT2D eigenvalue weighted by molar-refractivity contribution is 6.65. The maximum absolute atomic E-state index is 9.97. The van der Waals surface area contributed by atoms with E-state index in [4.69, 9.17) is 69.6 Å². The number of halogens is 6. The Morgan fingerprint density at radius 1 is 0.941 bits per heavy atom. The van der Waals surface area contributed by atoms with E-state index in [9.17, 15) is 5.11 Å². The molecule has 1 saturated carbocycles. The van der Waals surface area contributed by atoms with E-state index in [2.05, 4.69) is 0 Å². The molecule has 3 aliphatic rings. The summed E-state index contributed by atoms with van der Waals surface area (Å²) < 4.78 is -1.56. The SMILES string of the molecule is O[C@@H]1C=C[C@@H]2[C@H]1[C@]1(Cl)C(Cl)=C(Cl)[C@@]2(Cl)C1(Cl)Cl. The summed E-state index contributed by atoms with van der Waals surface area (Å²) in [5.74, 6) is -0.798. The summed E-state index contributed by atoms with van der Waals surface area (Å²) in [6.07, 6.45) is 2.58. The Morgan fingerprint density at radius 3 is 2.06 bits per heavy atom. The molecule has 0 heterocycles. The Labute approximate surface area is 128 Å². The number of aliphatic hydroxyl groups is 1. The van der Waals surface area contributed by atoms with E-state index in [-0.39, 0.29) is 16.0 Å². The zero-order valence-corrected chi connectivity index (χ0v) is 12.6. The third-order valence-electron chi connectivity index (χ3n) is 3.93. The molecule has 1 fully saturated rings. The zero-order chi connectivity index (χ0) is 12.8. The van der Waals surface area contributed by atoms with Crippen LogP contribution in [0.25, 0.3) is 0 Å². The van der Waals surface area contributed by atoms with Crippen LogP contribution in [0.4, 0.5) is 0 Å². The van der Waals surface area contributed by atoms with E-state index in [1.165, 1.54) is 0 Å². The molecule has 94 valence electrons. The smallest absolute Gasteiger partial charge is 0.167 e. The highest BCUT2D eigenvalue weighted by Gasteiger charge is 2.83. The standard InChI is InChI=1S/C10H6Cl6O/c11-6-7(12)9(14)5-3(1-2-4(5)17)8(6,13)10(9,15)16/h1-5,17H/t3-,4-,5-,8-,9+/m1/s1. The van der Waals surface area contributed by atoms with Crippen LogP contribution >= 0.6 is 69.6 Å². The number of fused-ring (bicyclic) bond motifs is 5. The van der Waals surface area contributed by atoms with Gasteiger partial charge in [-0.3, -0.25) is 0 Å². The van der Waals surface area contributed by atoms with Gasteiger partial charge >= 0.3 is 0 Å².